The molecule has 15 heavy (non-hydrogen) atoms. The number of hydrogen-bond donors (Lipinski definition) is 3. The quantitative estimate of drug-likeness (QED) is 0.590. The summed E-state index contributed by atoms with van der Waals surface area (Å²) in [5.41, 5.74) is 0. The average Bonchev–Trinajstić information content (AvgIpc) is 2.24. The summed E-state index contributed by atoms with van der Waals surface area (Å²) in [6.45, 7) is 0.785. The molecule has 86 valence electrons. The van der Waals surface area contributed by atoms with Gasteiger partial charge in [-0.2, -0.15) is 0 Å². The Balaban J connectivity index is 2.26. The number of carboxylic acids is 1. The Morgan fingerprint density at radius 1 is 1.40 bits per heavy atom. The van der Waals surface area contributed by atoms with E-state index in [2.05, 4.69) is 5.32 Å². The highest BCUT2D eigenvalue weighted by Crippen LogP contribution is 2.23. The molecule has 0 bridgehead atoms. The highest BCUT2D eigenvalue weighted by Gasteiger charge is 2.23. The van der Waals surface area contributed by atoms with Gasteiger partial charge in [0.2, 0.25) is 0 Å². The third kappa shape index (κ3) is 4.44. The third-order valence-electron chi connectivity index (χ3n) is 2.90. The fourth-order valence-electron chi connectivity index (χ4n) is 2.07. The molecule has 1 fully saturated rings. The second kappa shape index (κ2) is 6.58. The zero-order valence-corrected chi connectivity index (χ0v) is 8.85. The Hall–Kier alpha value is -0.870. The standard InChI is InChI=1S/C11H19NO3/c13-8-9-4-1-2-5-10(9)12-7-3-6-11(14)15/h3,6,9-10,12-13H,1-2,4-5,7-8H2,(H,14,15)/b6-3+. The van der Waals surface area contributed by atoms with Crippen molar-refractivity contribution in [3.05, 3.63) is 12.2 Å². The fraction of sp³-hybridized carbons (Fsp3) is 0.727. The molecule has 0 aromatic carbocycles. The largest absolute Gasteiger partial charge is 0.478 e. The van der Waals surface area contributed by atoms with Crippen molar-refractivity contribution in [2.75, 3.05) is 13.2 Å². The lowest BCUT2D eigenvalue weighted by molar-refractivity contribution is -0.131. The molecule has 3 N–H and O–H groups in total. The zero-order valence-electron chi connectivity index (χ0n) is 8.85. The average molecular weight is 213 g/mol. The number of nitrogens with one attached hydrogen (secondary N) is 1. The van der Waals surface area contributed by atoms with Crippen molar-refractivity contribution in [1.29, 1.82) is 0 Å². The van der Waals surface area contributed by atoms with Gasteiger partial charge in [-0.25, -0.2) is 4.79 Å². The minimum absolute atomic E-state index is 0.223. The molecule has 0 aliphatic heterocycles. The lowest BCUT2D eigenvalue weighted by Crippen LogP contribution is -2.40. The fourth-order valence-corrected chi connectivity index (χ4v) is 2.07. The number of carbonyl (C=O) groups is 1. The number of hydrogen-bond acceptors (Lipinski definition) is 3. The van der Waals surface area contributed by atoms with Crippen LogP contribution >= 0.6 is 0 Å². The van der Waals surface area contributed by atoms with E-state index in [0.29, 0.717) is 18.5 Å². The molecule has 0 heterocycles. The van der Waals surface area contributed by atoms with E-state index in [1.807, 2.05) is 0 Å². The molecule has 2 atom stereocenters. The van der Waals surface area contributed by atoms with Crippen molar-refractivity contribution in [2.24, 2.45) is 5.92 Å². The van der Waals surface area contributed by atoms with Crippen LogP contribution in [0.3, 0.4) is 0 Å². The second-order valence-electron chi connectivity index (χ2n) is 3.98. The highest BCUT2D eigenvalue weighted by molar-refractivity contribution is 5.79. The zero-order chi connectivity index (χ0) is 11.1. The van der Waals surface area contributed by atoms with E-state index in [1.54, 1.807) is 6.08 Å². The van der Waals surface area contributed by atoms with Crippen LogP contribution in [0.5, 0.6) is 0 Å². The predicted octanol–water partition coefficient (Wildman–Crippen LogP) is 0.768. The number of rotatable bonds is 5. The topological polar surface area (TPSA) is 69.6 Å². The number of aliphatic carboxylic acids is 1. The Bertz CT molecular complexity index is 228. The van der Waals surface area contributed by atoms with Crippen molar-refractivity contribution >= 4 is 5.97 Å². The number of aliphatic hydroxyl groups is 1. The maximum atomic E-state index is 10.2. The van der Waals surface area contributed by atoms with Crippen LogP contribution < -0.4 is 5.32 Å². The first-order chi connectivity index (χ1) is 7.24. The van der Waals surface area contributed by atoms with Gasteiger partial charge in [0.25, 0.3) is 0 Å². The summed E-state index contributed by atoms with van der Waals surface area (Å²) in [7, 11) is 0. The van der Waals surface area contributed by atoms with E-state index in [0.717, 1.165) is 18.9 Å². The van der Waals surface area contributed by atoms with Gasteiger partial charge in [-0.1, -0.05) is 18.9 Å². The van der Waals surface area contributed by atoms with Gasteiger partial charge in [0.1, 0.15) is 0 Å². The summed E-state index contributed by atoms with van der Waals surface area (Å²) >= 11 is 0. The van der Waals surface area contributed by atoms with Crippen LogP contribution in [0.2, 0.25) is 0 Å². The SMILES string of the molecule is O=C(O)/C=C/CNC1CCCCC1CO. The predicted molar refractivity (Wildman–Crippen MR) is 57.6 cm³/mol. The number of carboxylic acid groups (broad SMARTS) is 1. The molecule has 0 aromatic rings. The summed E-state index contributed by atoms with van der Waals surface area (Å²) < 4.78 is 0. The Morgan fingerprint density at radius 3 is 2.80 bits per heavy atom. The molecule has 0 amide bonds. The molecule has 1 rings (SSSR count). The summed E-state index contributed by atoms with van der Waals surface area (Å²) in [4.78, 5) is 10.2. The van der Waals surface area contributed by atoms with E-state index in [4.69, 9.17) is 10.2 Å². The smallest absolute Gasteiger partial charge is 0.328 e. The Labute approximate surface area is 90.0 Å². The molecule has 4 nitrogen and oxygen atoms in total. The van der Waals surface area contributed by atoms with Crippen molar-refractivity contribution < 1.29 is 15.0 Å². The minimum atomic E-state index is -0.917. The van der Waals surface area contributed by atoms with E-state index >= 15 is 0 Å². The Kier molecular flexibility index (Phi) is 5.36. The van der Waals surface area contributed by atoms with Gasteiger partial charge >= 0.3 is 5.97 Å². The molecule has 2 unspecified atom stereocenters. The van der Waals surface area contributed by atoms with Crippen LogP contribution in [0.25, 0.3) is 0 Å². The van der Waals surface area contributed by atoms with Gasteiger partial charge in [0.15, 0.2) is 0 Å². The van der Waals surface area contributed by atoms with Gasteiger partial charge in [0, 0.05) is 25.3 Å². The van der Waals surface area contributed by atoms with Gasteiger partial charge in [-0.3, -0.25) is 0 Å². The van der Waals surface area contributed by atoms with E-state index in [9.17, 15) is 4.79 Å². The molecule has 1 saturated carbocycles. The van der Waals surface area contributed by atoms with Gasteiger partial charge in [0.05, 0.1) is 0 Å². The molecule has 0 saturated heterocycles. The Morgan fingerprint density at radius 2 is 2.13 bits per heavy atom. The van der Waals surface area contributed by atoms with E-state index < -0.39 is 5.97 Å². The van der Waals surface area contributed by atoms with Crippen LogP contribution in [-0.2, 0) is 4.79 Å². The molecular formula is C11H19NO3. The van der Waals surface area contributed by atoms with Crippen molar-refractivity contribution in [1.82, 2.24) is 5.32 Å². The van der Waals surface area contributed by atoms with Crippen LogP contribution in [-0.4, -0.2) is 35.4 Å². The van der Waals surface area contributed by atoms with Crippen LogP contribution in [0.4, 0.5) is 0 Å². The normalized spacial score (nSPS) is 27.0. The van der Waals surface area contributed by atoms with Crippen LogP contribution in [0, 0.1) is 5.92 Å². The molecule has 1 aliphatic carbocycles. The van der Waals surface area contributed by atoms with Crippen molar-refractivity contribution in [3.63, 3.8) is 0 Å². The van der Waals surface area contributed by atoms with E-state index in [-0.39, 0.29) is 6.61 Å². The van der Waals surface area contributed by atoms with Crippen LogP contribution in [0.15, 0.2) is 12.2 Å². The summed E-state index contributed by atoms with van der Waals surface area (Å²) in [6.07, 6.45) is 7.27. The first-order valence-electron chi connectivity index (χ1n) is 5.47. The minimum Gasteiger partial charge on any atom is -0.478 e. The molecule has 0 aromatic heterocycles. The molecule has 1 aliphatic rings. The van der Waals surface area contributed by atoms with Crippen LogP contribution in [0.1, 0.15) is 25.7 Å². The molecule has 4 heteroatoms. The third-order valence-corrected chi connectivity index (χ3v) is 2.90. The first-order valence-corrected chi connectivity index (χ1v) is 5.47. The maximum Gasteiger partial charge on any atom is 0.328 e. The van der Waals surface area contributed by atoms with Gasteiger partial charge in [-0.15, -0.1) is 0 Å². The lowest BCUT2D eigenvalue weighted by atomic mass is 9.85. The summed E-state index contributed by atoms with van der Waals surface area (Å²) in [5.74, 6) is -0.587. The van der Waals surface area contributed by atoms with Crippen molar-refractivity contribution in [2.45, 2.75) is 31.7 Å². The summed E-state index contributed by atoms with van der Waals surface area (Å²) in [6, 6.07) is 0.335. The number of aliphatic hydroxyl groups excluding tert-OH is 1. The lowest BCUT2D eigenvalue weighted by Gasteiger charge is -2.30. The molecule has 0 radical (unpaired) electrons. The van der Waals surface area contributed by atoms with Gasteiger partial charge < -0.3 is 15.5 Å². The highest BCUT2D eigenvalue weighted by atomic mass is 16.4. The summed E-state index contributed by atoms with van der Waals surface area (Å²) in [5, 5.41) is 20.8. The maximum absolute atomic E-state index is 10.2. The van der Waals surface area contributed by atoms with Crippen molar-refractivity contribution in [3.8, 4) is 0 Å². The molecule has 0 spiro atoms. The first kappa shape index (κ1) is 12.2. The van der Waals surface area contributed by atoms with E-state index in [1.165, 1.54) is 12.8 Å². The van der Waals surface area contributed by atoms with Gasteiger partial charge in [-0.05, 0) is 18.8 Å². The monoisotopic (exact) mass is 213 g/mol. The molecular weight excluding hydrogens is 194 g/mol. The second-order valence-corrected chi connectivity index (χ2v) is 3.98.